The number of carbonyl (C=O) groups excluding carboxylic acids is 3. The van der Waals surface area contributed by atoms with E-state index >= 15 is 0 Å². The number of β-amino-alcohol motifs (C(OH)–C–C–N with tert-alkyl or cyclic N) is 1. The molecule has 182 valence electrons. The first-order valence-corrected chi connectivity index (χ1v) is 10.7. The molecule has 3 amide bonds. The van der Waals surface area contributed by atoms with Gasteiger partial charge in [0.1, 0.15) is 43.0 Å². The van der Waals surface area contributed by atoms with Gasteiger partial charge in [-0.15, -0.1) is 0 Å². The Morgan fingerprint density at radius 3 is 2.61 bits per heavy atom. The van der Waals surface area contributed by atoms with E-state index in [4.69, 9.17) is 18.9 Å². The molecule has 1 atom stereocenters. The predicted octanol–water partition coefficient (Wildman–Crippen LogP) is 1.52. The van der Waals surface area contributed by atoms with Gasteiger partial charge in [-0.3, -0.25) is 4.79 Å². The van der Waals surface area contributed by atoms with Crippen molar-refractivity contribution in [2.45, 2.75) is 44.9 Å². The fourth-order valence-corrected chi connectivity index (χ4v) is 3.41. The smallest absolute Gasteiger partial charge is 0.410 e. The van der Waals surface area contributed by atoms with Crippen molar-refractivity contribution in [2.75, 3.05) is 44.9 Å². The Kier molecular flexibility index (Phi) is 6.92. The molecule has 11 nitrogen and oxygen atoms in total. The molecule has 1 aromatic rings. The number of ether oxygens (including phenoxy) is 4. The van der Waals surface area contributed by atoms with E-state index in [0.29, 0.717) is 17.2 Å². The van der Waals surface area contributed by atoms with Crippen LogP contribution in [0.4, 0.5) is 15.3 Å². The van der Waals surface area contributed by atoms with Crippen LogP contribution in [0.1, 0.15) is 27.7 Å². The van der Waals surface area contributed by atoms with Gasteiger partial charge in [0.15, 0.2) is 0 Å². The molecule has 2 N–H and O–H groups in total. The van der Waals surface area contributed by atoms with Gasteiger partial charge in [0.2, 0.25) is 0 Å². The molecule has 11 heteroatoms. The lowest BCUT2D eigenvalue weighted by Gasteiger charge is -2.43. The van der Waals surface area contributed by atoms with Crippen molar-refractivity contribution >= 4 is 23.8 Å². The Hall–Kier alpha value is -3.21. The number of hydrogen-bond acceptors (Lipinski definition) is 8. The van der Waals surface area contributed by atoms with Crippen LogP contribution in [0.25, 0.3) is 0 Å². The van der Waals surface area contributed by atoms with Gasteiger partial charge in [-0.05, 0) is 39.8 Å². The molecule has 0 aromatic heterocycles. The molecule has 33 heavy (non-hydrogen) atoms. The molecular weight excluding hydrogens is 434 g/mol. The summed E-state index contributed by atoms with van der Waals surface area (Å²) in [7, 11) is 1.58. The number of rotatable bonds is 5. The highest BCUT2D eigenvalue weighted by Gasteiger charge is 2.40. The first-order valence-electron chi connectivity index (χ1n) is 10.7. The monoisotopic (exact) mass is 465 g/mol. The molecule has 2 heterocycles. The third-order valence-electron chi connectivity index (χ3n) is 4.92. The highest BCUT2D eigenvalue weighted by Crippen LogP contribution is 2.34. The zero-order valence-corrected chi connectivity index (χ0v) is 19.5. The quantitative estimate of drug-likeness (QED) is 0.627. The minimum atomic E-state index is -0.914. The minimum absolute atomic E-state index is 0.0295. The Labute approximate surface area is 192 Å². The van der Waals surface area contributed by atoms with Gasteiger partial charge < -0.3 is 39.2 Å². The third kappa shape index (κ3) is 6.41. The van der Waals surface area contributed by atoms with Crippen molar-refractivity contribution in [1.82, 2.24) is 10.2 Å². The summed E-state index contributed by atoms with van der Waals surface area (Å²) in [5.74, 6) is 0.553. The Bertz CT molecular complexity index is 903. The maximum Gasteiger partial charge on any atom is 0.410 e. The second-order valence-electron chi connectivity index (χ2n) is 9.35. The van der Waals surface area contributed by atoms with Crippen LogP contribution in [0.15, 0.2) is 18.2 Å². The topological polar surface area (TPSA) is 127 Å². The maximum absolute atomic E-state index is 12.9. The molecule has 0 unspecified atom stereocenters. The summed E-state index contributed by atoms with van der Waals surface area (Å²) >= 11 is 0. The van der Waals surface area contributed by atoms with E-state index in [1.165, 1.54) is 9.80 Å². The lowest BCUT2D eigenvalue weighted by molar-refractivity contribution is -0.120. The molecule has 3 rings (SSSR count). The predicted molar refractivity (Wildman–Crippen MR) is 118 cm³/mol. The van der Waals surface area contributed by atoms with Gasteiger partial charge >= 0.3 is 12.2 Å². The van der Waals surface area contributed by atoms with Gasteiger partial charge in [0.25, 0.3) is 5.91 Å². The number of hydrogen-bond donors (Lipinski definition) is 2. The number of aliphatic hydroxyl groups is 1. The van der Waals surface area contributed by atoms with Crippen LogP contribution in [-0.4, -0.2) is 85.3 Å². The van der Waals surface area contributed by atoms with Crippen molar-refractivity contribution in [1.29, 1.82) is 0 Å². The number of anilines is 1. The van der Waals surface area contributed by atoms with E-state index in [1.807, 2.05) is 0 Å². The van der Waals surface area contributed by atoms with E-state index in [2.05, 4.69) is 5.32 Å². The summed E-state index contributed by atoms with van der Waals surface area (Å²) in [5, 5.41) is 12.2. The van der Waals surface area contributed by atoms with Crippen molar-refractivity contribution in [3.8, 4) is 11.5 Å². The molecule has 0 spiro atoms. The first-order chi connectivity index (χ1) is 15.3. The van der Waals surface area contributed by atoms with E-state index in [1.54, 1.807) is 52.9 Å². The molecule has 1 aromatic carbocycles. The number of fused-ring (bicyclic) bond motifs is 1. The number of alkyl carbamates (subject to hydrolysis) is 1. The van der Waals surface area contributed by atoms with Crippen LogP contribution in [0, 0.1) is 0 Å². The van der Waals surface area contributed by atoms with Crippen molar-refractivity contribution in [3.63, 3.8) is 0 Å². The zero-order chi connectivity index (χ0) is 24.4. The summed E-state index contributed by atoms with van der Waals surface area (Å²) in [6.45, 7) is 7.42. The lowest BCUT2D eigenvalue weighted by atomic mass is 9.98. The number of likely N-dealkylation sites (tertiary alicyclic amines) is 1. The summed E-state index contributed by atoms with van der Waals surface area (Å²) in [4.78, 5) is 39.6. The third-order valence-corrected chi connectivity index (χ3v) is 4.92. The van der Waals surface area contributed by atoms with E-state index in [0.717, 1.165) is 0 Å². The summed E-state index contributed by atoms with van der Waals surface area (Å²) in [5.41, 5.74) is -1.07. The Morgan fingerprint density at radius 1 is 1.27 bits per heavy atom. The second kappa shape index (κ2) is 9.34. The van der Waals surface area contributed by atoms with E-state index in [9.17, 15) is 19.5 Å². The number of amides is 3. The van der Waals surface area contributed by atoms with Crippen molar-refractivity contribution in [3.05, 3.63) is 18.2 Å². The first kappa shape index (κ1) is 24.4. The molecule has 1 fully saturated rings. The normalized spacial score (nSPS) is 19.5. The van der Waals surface area contributed by atoms with E-state index in [-0.39, 0.29) is 38.8 Å². The van der Waals surface area contributed by atoms with Crippen molar-refractivity contribution < 1.29 is 38.4 Å². The van der Waals surface area contributed by atoms with Gasteiger partial charge in [-0.1, -0.05) is 0 Å². The molecule has 2 aliphatic heterocycles. The SMILES string of the molecule is CN1C(=O)[C@@H](NC(=O)OC(C)(C)C)COc2ccc(OCCOC(=O)N3CC(C)(O)C3)cc21. The molecule has 1 saturated heterocycles. The fourth-order valence-electron chi connectivity index (χ4n) is 3.41. The highest BCUT2D eigenvalue weighted by molar-refractivity contribution is 6.00. The number of nitrogens with one attached hydrogen (secondary N) is 1. The van der Waals surface area contributed by atoms with Gasteiger partial charge in [0.05, 0.1) is 24.4 Å². The van der Waals surface area contributed by atoms with Crippen LogP contribution >= 0.6 is 0 Å². The van der Waals surface area contributed by atoms with E-state index < -0.39 is 29.4 Å². The molecule has 0 bridgehead atoms. The lowest BCUT2D eigenvalue weighted by Crippen LogP contribution is -2.61. The van der Waals surface area contributed by atoms with Crippen LogP contribution in [0.2, 0.25) is 0 Å². The second-order valence-corrected chi connectivity index (χ2v) is 9.35. The molecular formula is C22H31N3O8. The highest BCUT2D eigenvalue weighted by atomic mass is 16.6. The summed E-state index contributed by atoms with van der Waals surface area (Å²) < 4.78 is 21.7. The molecule has 0 radical (unpaired) electrons. The molecule has 2 aliphatic rings. The van der Waals surface area contributed by atoms with Crippen LogP contribution in [0.5, 0.6) is 11.5 Å². The Morgan fingerprint density at radius 2 is 1.97 bits per heavy atom. The van der Waals surface area contributed by atoms with Gasteiger partial charge in [-0.2, -0.15) is 0 Å². The molecule has 0 aliphatic carbocycles. The minimum Gasteiger partial charge on any atom is -0.490 e. The number of benzene rings is 1. The van der Waals surface area contributed by atoms with Gasteiger partial charge in [-0.25, -0.2) is 9.59 Å². The maximum atomic E-state index is 12.9. The molecule has 0 saturated carbocycles. The summed E-state index contributed by atoms with van der Waals surface area (Å²) in [6, 6.07) is 4.06. The number of carbonyl (C=O) groups is 3. The van der Waals surface area contributed by atoms with Crippen LogP contribution in [0.3, 0.4) is 0 Å². The average Bonchev–Trinajstić information content (AvgIpc) is 2.80. The average molecular weight is 466 g/mol. The standard InChI is InChI=1S/C22H31N3O8/c1-21(2,3)33-19(27)23-15-11-32-17-7-6-14(10-16(17)24(5)18(15)26)30-8-9-31-20(28)25-12-22(4,29)13-25/h6-7,10,15,29H,8-9,11-13H2,1-5H3,(H,23,27)/t15-/m0/s1. The van der Waals surface area contributed by atoms with Crippen LogP contribution < -0.4 is 19.7 Å². The summed E-state index contributed by atoms with van der Waals surface area (Å²) in [6.07, 6.45) is -1.21. The number of nitrogens with zero attached hydrogens (tertiary/aromatic N) is 2. The fraction of sp³-hybridized carbons (Fsp3) is 0.591. The Balaban J connectivity index is 1.53. The van der Waals surface area contributed by atoms with Gasteiger partial charge in [0, 0.05) is 13.1 Å². The van der Waals surface area contributed by atoms with Crippen LogP contribution in [-0.2, 0) is 14.3 Å². The largest absolute Gasteiger partial charge is 0.490 e. The number of likely N-dealkylation sites (N-methyl/N-ethyl adjacent to an activating group) is 1. The zero-order valence-electron chi connectivity index (χ0n) is 19.5. The van der Waals surface area contributed by atoms with Crippen molar-refractivity contribution in [2.24, 2.45) is 0 Å².